The van der Waals surface area contributed by atoms with Crippen molar-refractivity contribution in [3.8, 4) is 50.6 Å². The highest BCUT2D eigenvalue weighted by molar-refractivity contribution is 6.07. The molecule has 12 aromatic rings. The Kier molecular flexibility index (Phi) is 31.0. The van der Waals surface area contributed by atoms with Gasteiger partial charge >= 0.3 is 6.18 Å². The molecule has 0 unspecified atom stereocenters. The van der Waals surface area contributed by atoms with E-state index < -0.39 is 82.6 Å². The van der Waals surface area contributed by atoms with Crippen LogP contribution in [-0.2, 0) is 65.2 Å². The zero-order chi connectivity index (χ0) is 97.6. The molecule has 7 aromatic heterocycles. The number of carbonyl (C=O) groups excluding carboxylic acids is 4. The molecule has 4 fully saturated rings. The average Bonchev–Trinajstić information content (AvgIpc) is 0.797. The summed E-state index contributed by atoms with van der Waals surface area (Å²) >= 11 is 0. The Morgan fingerprint density at radius 1 is 0.368 bits per heavy atom. The zero-order valence-electron chi connectivity index (χ0n) is 73.7. The van der Waals surface area contributed by atoms with Crippen LogP contribution in [0.5, 0.6) is 0 Å². The third-order valence-electron chi connectivity index (χ3n) is 22.0. The number of aromatic nitrogens is 7. The van der Waals surface area contributed by atoms with Crippen molar-refractivity contribution in [3.05, 3.63) is 310 Å². The van der Waals surface area contributed by atoms with Crippen molar-refractivity contribution in [1.29, 1.82) is 5.26 Å². The van der Waals surface area contributed by atoms with E-state index in [-0.39, 0.29) is 78.1 Å². The van der Waals surface area contributed by atoms with Crippen LogP contribution in [0.4, 0.5) is 98.2 Å². The van der Waals surface area contributed by atoms with Crippen molar-refractivity contribution in [2.24, 2.45) is 28.2 Å². The number of nitrogens with one attached hydrogen (secondary N) is 4. The number of hydrogen-bond acceptors (Lipinski definition) is 20. The molecule has 0 radical (unpaired) electrons. The second-order valence-electron chi connectivity index (χ2n) is 31.8. The average molecular weight is 1890 g/mol. The van der Waals surface area contributed by atoms with Crippen LogP contribution in [0, 0.1) is 28.8 Å². The maximum Gasteiger partial charge on any atom is 0.433 e. The molecule has 0 aliphatic carbocycles. The van der Waals surface area contributed by atoms with E-state index in [0.29, 0.717) is 193 Å². The number of halogens is 12. The lowest BCUT2D eigenvalue weighted by Crippen LogP contribution is -2.40. The minimum Gasteiger partial charge on any atom is -0.378 e. The van der Waals surface area contributed by atoms with Gasteiger partial charge in [0.15, 0.2) is 0 Å². The number of hydrogen-bond donors (Lipinski definition) is 4. The molecule has 4 amide bonds. The molecule has 4 aliphatic heterocycles. The molecule has 11 heterocycles. The number of morpholine rings is 4. The molecule has 4 N–H and O–H groups in total. The van der Waals surface area contributed by atoms with Gasteiger partial charge in [0.2, 0.25) is 0 Å². The van der Waals surface area contributed by atoms with Crippen molar-refractivity contribution >= 4 is 69.1 Å². The maximum absolute atomic E-state index is 14.8. The first-order valence-electron chi connectivity index (χ1n) is 42.2. The fourth-order valence-electron chi connectivity index (χ4n) is 14.9. The van der Waals surface area contributed by atoms with Gasteiger partial charge in [-0.2, -0.15) is 36.0 Å². The fraction of sp³-hybridized carbons (Fsp3) is 0.271. The van der Waals surface area contributed by atoms with Gasteiger partial charge in [0.25, 0.3) is 64.1 Å². The summed E-state index contributed by atoms with van der Waals surface area (Å²) in [5, 5.41) is 20.1. The zero-order valence-corrected chi connectivity index (χ0v) is 73.7. The minimum atomic E-state index is -4.69. The van der Waals surface area contributed by atoms with Crippen LogP contribution in [0.2, 0.25) is 0 Å². The van der Waals surface area contributed by atoms with Gasteiger partial charge < -0.3 is 78.1 Å². The first-order chi connectivity index (χ1) is 64.8. The molecule has 0 spiro atoms. The number of pyridine rings is 7. The summed E-state index contributed by atoms with van der Waals surface area (Å²) in [4.78, 5) is 119. The van der Waals surface area contributed by atoms with E-state index in [0.717, 1.165) is 48.9 Å². The third kappa shape index (κ3) is 24.3. The topological polar surface area (TPSA) is 317 Å². The van der Waals surface area contributed by atoms with Crippen molar-refractivity contribution in [1.82, 2.24) is 33.2 Å². The number of aryl methyl sites for hydroxylation is 4. The standard InChI is InChI=1S/C25H23F2N5O3.C24H23F3N4O3.C24H22F3N3O3.C23H20F4N4O3/c1-25(26,27)22-12-16(5-6-29-22)23(33)30-19-4-3-17(14-28)20(13-19)18-11-21(24(34)31(2)15-18)32-7-9-35-10-8-32;1-24(26,27)21-12-15(5-6-28-21)22(32)29-17-3-4-19(25)18(13-17)16-11-20(23(33)30(2)14-16)31-7-9-34-10-8-31;1-29-14-17(12-21(24(29)32)30-7-9-33-10-8-30)19-13-18(5-6-20(19)25)28-23(31)16-4-2-3-15(11-16)22(26)27;1-30-13-15(10-19(22(30)33)31-6-8-34-9-7-31)17-12-16(2-3-18(17)24)29-21(32)14-4-5-28-20(11-14)23(25,26)27/h3-6,11-13,15H,7-10H2,1-2H3,(H,30,33);3-6,11-14H,7-10H2,1-2H3,(H,29,32);2-6,11-14,22H,7-10H2,1H3,(H,28,31);2-5,10-13H,6-9H2,1H3,(H,29,32). The van der Waals surface area contributed by atoms with Crippen LogP contribution in [0.1, 0.15) is 89.9 Å². The van der Waals surface area contributed by atoms with Crippen LogP contribution in [0.25, 0.3) is 44.5 Å². The SMILES string of the molecule is Cn1cc(-c2cc(NC(=O)c3cccc(C(F)F)c3)ccc2F)cc(N2CCOCC2)c1=O.Cn1cc(-c2cc(NC(=O)c3ccnc(C(C)(F)F)c3)ccc2C#N)cc(N2CCOCC2)c1=O.Cn1cc(-c2cc(NC(=O)c3ccnc(C(C)(F)F)c3)ccc2F)cc(N2CCOCC2)c1=O.Cn1cc(-c2cc(NC(=O)c3ccnc(C(F)(F)F)c3)ccc2F)cc(N2CCOCC2)c1=O. The Labute approximate surface area is 768 Å². The number of ether oxygens (including phenoxy) is 4. The number of amides is 4. The normalized spacial score (nSPS) is 14.0. The summed E-state index contributed by atoms with van der Waals surface area (Å²) < 4.78 is 190. The van der Waals surface area contributed by atoms with E-state index in [4.69, 9.17) is 18.9 Å². The Morgan fingerprint density at radius 3 is 0.926 bits per heavy atom. The third-order valence-corrected chi connectivity index (χ3v) is 22.0. The molecule has 0 saturated carbocycles. The van der Waals surface area contributed by atoms with Gasteiger partial charge in [-0.05, 0) is 146 Å². The molecule has 708 valence electrons. The van der Waals surface area contributed by atoms with Crippen LogP contribution in [0.15, 0.2) is 220 Å². The highest BCUT2D eigenvalue weighted by Crippen LogP contribution is 2.37. The van der Waals surface area contributed by atoms with Crippen LogP contribution >= 0.6 is 0 Å². The number of benzene rings is 5. The number of nitrogens with zero attached hydrogens (tertiary/aromatic N) is 12. The minimum absolute atomic E-state index is 0.00545. The van der Waals surface area contributed by atoms with E-state index >= 15 is 0 Å². The molecular formula is C96H88F12N16O12. The summed E-state index contributed by atoms with van der Waals surface area (Å²) in [7, 11) is 6.37. The number of carbonyl (C=O) groups is 4. The smallest absolute Gasteiger partial charge is 0.378 e. The molecule has 40 heteroatoms. The fourth-order valence-corrected chi connectivity index (χ4v) is 14.9. The van der Waals surface area contributed by atoms with Crippen LogP contribution < -0.4 is 63.1 Å². The lowest BCUT2D eigenvalue weighted by molar-refractivity contribution is -0.141. The first-order valence-corrected chi connectivity index (χ1v) is 42.2. The molecular weight excluding hydrogens is 1800 g/mol. The van der Waals surface area contributed by atoms with E-state index in [1.54, 1.807) is 76.9 Å². The van der Waals surface area contributed by atoms with Crippen LogP contribution in [-0.4, -0.2) is 162 Å². The van der Waals surface area contributed by atoms with Gasteiger partial charge in [0.05, 0.1) is 64.5 Å². The first kappa shape index (κ1) is 98.4. The highest BCUT2D eigenvalue weighted by Gasteiger charge is 2.34. The molecule has 4 aliphatic rings. The predicted octanol–water partition coefficient (Wildman–Crippen LogP) is 15.2. The molecule has 28 nitrogen and oxygen atoms in total. The van der Waals surface area contributed by atoms with E-state index in [9.17, 15) is 96.3 Å². The molecule has 0 atom stereocenters. The maximum atomic E-state index is 14.8. The monoisotopic (exact) mass is 1880 g/mol. The van der Waals surface area contributed by atoms with Crippen molar-refractivity contribution in [2.75, 3.05) is 146 Å². The Bertz CT molecular complexity index is 6570. The summed E-state index contributed by atoms with van der Waals surface area (Å²) in [6, 6.07) is 37.0. The summed E-state index contributed by atoms with van der Waals surface area (Å²) in [6.45, 7) is 9.71. The second-order valence-corrected chi connectivity index (χ2v) is 31.8. The van der Waals surface area contributed by atoms with Gasteiger partial charge in [0, 0.05) is 233 Å². The molecule has 0 bridgehead atoms. The Hall–Kier alpha value is -15.1. The quantitative estimate of drug-likeness (QED) is 0.0547. The molecule has 136 heavy (non-hydrogen) atoms. The van der Waals surface area contributed by atoms with E-state index in [2.05, 4.69) is 42.3 Å². The number of nitriles is 1. The van der Waals surface area contributed by atoms with Crippen molar-refractivity contribution in [3.63, 3.8) is 0 Å². The molecule has 16 rings (SSSR count). The van der Waals surface area contributed by atoms with E-state index in [1.807, 2.05) is 19.6 Å². The summed E-state index contributed by atoms with van der Waals surface area (Å²) in [6.07, 6.45) is 1.96. The van der Waals surface area contributed by atoms with Crippen molar-refractivity contribution < 1.29 is 90.8 Å². The molecule has 5 aromatic carbocycles. The lowest BCUT2D eigenvalue weighted by atomic mass is 10.00. The van der Waals surface area contributed by atoms with Gasteiger partial charge in [0.1, 0.15) is 57.3 Å². The predicted molar refractivity (Wildman–Crippen MR) is 485 cm³/mol. The Morgan fingerprint density at radius 2 is 0.640 bits per heavy atom. The van der Waals surface area contributed by atoms with Crippen molar-refractivity contribution in [2.45, 2.75) is 38.3 Å². The largest absolute Gasteiger partial charge is 0.433 e. The molecule has 4 saturated heterocycles. The highest BCUT2D eigenvalue weighted by atomic mass is 19.4. The summed E-state index contributed by atoms with van der Waals surface area (Å²) in [5.41, 5.74) is 2.71. The van der Waals surface area contributed by atoms with Gasteiger partial charge in [-0.25, -0.2) is 22.0 Å². The van der Waals surface area contributed by atoms with E-state index in [1.165, 1.54) is 116 Å². The second kappa shape index (κ2) is 42.9. The van der Waals surface area contributed by atoms with Gasteiger partial charge in [-0.3, -0.25) is 53.3 Å². The number of anilines is 8. The van der Waals surface area contributed by atoms with Gasteiger partial charge in [-0.15, -0.1) is 0 Å². The Balaban J connectivity index is 0.000000153. The lowest BCUT2D eigenvalue weighted by Gasteiger charge is -2.28. The summed E-state index contributed by atoms with van der Waals surface area (Å²) in [5.74, 6) is -10.7. The van der Waals surface area contributed by atoms with Crippen LogP contribution in [0.3, 0.4) is 0 Å². The number of alkyl halides is 9. The van der Waals surface area contributed by atoms with Gasteiger partial charge in [-0.1, -0.05) is 12.1 Å². The number of rotatable bonds is 19.